The maximum Gasteiger partial charge on any atom is 0.338 e. The molecule has 1 aliphatic heterocycles. The van der Waals surface area contributed by atoms with Crippen LogP contribution in [0.15, 0.2) is 39.8 Å². The van der Waals surface area contributed by atoms with Crippen LogP contribution >= 0.6 is 27.3 Å². The standard InChI is InChI=1S/C15H17BrN2O3S/c1-4-8-18-9(3)12(14(19)21-5-2)13(17-15(18)20)10-6-7-11(16)22-10/h4,6-7,13H,1,5,8H2,2-3H3,(H,17,20)/t13-/m0/s1. The van der Waals surface area contributed by atoms with Crippen molar-refractivity contribution in [3.63, 3.8) is 0 Å². The van der Waals surface area contributed by atoms with Crippen LogP contribution in [0.25, 0.3) is 0 Å². The van der Waals surface area contributed by atoms with Crippen molar-refractivity contribution in [1.29, 1.82) is 0 Å². The van der Waals surface area contributed by atoms with Gasteiger partial charge in [0.15, 0.2) is 0 Å². The molecule has 2 amide bonds. The Labute approximate surface area is 141 Å². The van der Waals surface area contributed by atoms with E-state index in [4.69, 9.17) is 4.74 Å². The molecule has 1 aliphatic rings. The molecule has 0 radical (unpaired) electrons. The highest BCUT2D eigenvalue weighted by molar-refractivity contribution is 9.11. The summed E-state index contributed by atoms with van der Waals surface area (Å²) in [5, 5.41) is 2.87. The third kappa shape index (κ3) is 3.25. The number of ether oxygens (including phenoxy) is 1. The molecule has 0 aromatic carbocycles. The van der Waals surface area contributed by atoms with E-state index in [9.17, 15) is 9.59 Å². The van der Waals surface area contributed by atoms with Gasteiger partial charge in [0.05, 0.1) is 22.0 Å². The predicted molar refractivity (Wildman–Crippen MR) is 89.5 cm³/mol. The number of allylic oxidation sites excluding steroid dienone is 1. The average Bonchev–Trinajstić information content (AvgIpc) is 2.89. The third-order valence-electron chi connectivity index (χ3n) is 3.28. The molecule has 0 saturated carbocycles. The molecule has 1 aromatic heterocycles. The van der Waals surface area contributed by atoms with Crippen molar-refractivity contribution in [3.05, 3.63) is 44.7 Å². The summed E-state index contributed by atoms with van der Waals surface area (Å²) in [4.78, 5) is 27.0. The number of thiophene rings is 1. The Bertz CT molecular complexity index is 638. The van der Waals surface area contributed by atoms with Gasteiger partial charge in [-0.15, -0.1) is 17.9 Å². The summed E-state index contributed by atoms with van der Waals surface area (Å²) in [5.74, 6) is -0.413. The number of rotatable bonds is 5. The molecule has 118 valence electrons. The van der Waals surface area contributed by atoms with Crippen molar-refractivity contribution >= 4 is 39.3 Å². The maximum absolute atomic E-state index is 12.4. The fourth-order valence-corrected chi connectivity index (χ4v) is 3.79. The molecule has 0 bridgehead atoms. The lowest BCUT2D eigenvalue weighted by molar-refractivity contribution is -0.139. The zero-order valence-electron chi connectivity index (χ0n) is 12.4. The first kappa shape index (κ1) is 16.8. The van der Waals surface area contributed by atoms with Gasteiger partial charge in [-0.05, 0) is 41.9 Å². The fraction of sp³-hybridized carbons (Fsp3) is 0.333. The van der Waals surface area contributed by atoms with Gasteiger partial charge in [-0.3, -0.25) is 4.90 Å². The number of hydrogen-bond acceptors (Lipinski definition) is 4. The van der Waals surface area contributed by atoms with Crippen LogP contribution in [0.3, 0.4) is 0 Å². The highest BCUT2D eigenvalue weighted by Crippen LogP contribution is 2.36. The molecule has 1 atom stereocenters. The molecule has 1 aromatic rings. The minimum absolute atomic E-state index is 0.250. The Morgan fingerprint density at radius 1 is 1.59 bits per heavy atom. The number of urea groups is 1. The minimum Gasteiger partial charge on any atom is -0.463 e. The zero-order valence-corrected chi connectivity index (χ0v) is 14.8. The molecular formula is C15H17BrN2O3S. The Morgan fingerprint density at radius 3 is 2.86 bits per heavy atom. The second-order valence-corrected chi connectivity index (χ2v) is 7.14. The smallest absolute Gasteiger partial charge is 0.338 e. The predicted octanol–water partition coefficient (Wildman–Crippen LogP) is 3.60. The summed E-state index contributed by atoms with van der Waals surface area (Å²) in [5.41, 5.74) is 1.05. The summed E-state index contributed by atoms with van der Waals surface area (Å²) in [6.07, 6.45) is 1.62. The lowest BCUT2D eigenvalue weighted by atomic mass is 10.0. The number of carbonyl (C=O) groups is 2. The highest BCUT2D eigenvalue weighted by Gasteiger charge is 2.36. The minimum atomic E-state index is -0.496. The van der Waals surface area contributed by atoms with E-state index in [-0.39, 0.29) is 12.6 Å². The van der Waals surface area contributed by atoms with Crippen LogP contribution in [-0.2, 0) is 9.53 Å². The van der Waals surface area contributed by atoms with Gasteiger partial charge in [0.25, 0.3) is 0 Å². The number of amides is 2. The monoisotopic (exact) mass is 384 g/mol. The number of halogens is 1. The molecule has 7 heteroatoms. The van der Waals surface area contributed by atoms with Crippen LogP contribution in [0, 0.1) is 0 Å². The lowest BCUT2D eigenvalue weighted by Crippen LogP contribution is -2.47. The van der Waals surface area contributed by atoms with E-state index in [1.54, 1.807) is 19.9 Å². The molecule has 1 N–H and O–H groups in total. The number of hydrogen-bond donors (Lipinski definition) is 1. The molecule has 5 nitrogen and oxygen atoms in total. The average molecular weight is 385 g/mol. The second kappa shape index (κ2) is 7.11. The van der Waals surface area contributed by atoms with E-state index < -0.39 is 12.0 Å². The van der Waals surface area contributed by atoms with E-state index in [1.807, 2.05) is 12.1 Å². The van der Waals surface area contributed by atoms with E-state index in [2.05, 4.69) is 27.8 Å². The van der Waals surface area contributed by atoms with Crippen LogP contribution in [0.1, 0.15) is 24.8 Å². The molecule has 2 heterocycles. The fourth-order valence-electron chi connectivity index (χ4n) is 2.30. The summed E-state index contributed by atoms with van der Waals surface area (Å²) >= 11 is 4.88. The Kier molecular flexibility index (Phi) is 5.42. The molecule has 22 heavy (non-hydrogen) atoms. The van der Waals surface area contributed by atoms with Gasteiger partial charge >= 0.3 is 12.0 Å². The van der Waals surface area contributed by atoms with Crippen molar-refractivity contribution in [2.45, 2.75) is 19.9 Å². The van der Waals surface area contributed by atoms with Crippen molar-refractivity contribution in [1.82, 2.24) is 10.2 Å². The first-order valence-corrected chi connectivity index (χ1v) is 8.42. The van der Waals surface area contributed by atoms with E-state index in [0.29, 0.717) is 17.8 Å². The highest BCUT2D eigenvalue weighted by atomic mass is 79.9. The zero-order chi connectivity index (χ0) is 16.3. The van der Waals surface area contributed by atoms with E-state index in [1.165, 1.54) is 16.2 Å². The van der Waals surface area contributed by atoms with Crippen LogP contribution in [0.4, 0.5) is 4.79 Å². The number of nitrogens with zero attached hydrogens (tertiary/aromatic N) is 1. The quantitative estimate of drug-likeness (QED) is 0.623. The first-order valence-electron chi connectivity index (χ1n) is 6.81. The molecule has 0 aliphatic carbocycles. The van der Waals surface area contributed by atoms with Gasteiger partial charge in [0, 0.05) is 17.1 Å². The first-order chi connectivity index (χ1) is 10.5. The topological polar surface area (TPSA) is 58.6 Å². The summed E-state index contributed by atoms with van der Waals surface area (Å²) in [6.45, 7) is 7.78. The summed E-state index contributed by atoms with van der Waals surface area (Å²) in [7, 11) is 0. The molecule has 0 unspecified atom stereocenters. The van der Waals surface area contributed by atoms with Crippen LogP contribution < -0.4 is 5.32 Å². The Balaban J connectivity index is 2.49. The van der Waals surface area contributed by atoms with Crippen molar-refractivity contribution in [2.75, 3.05) is 13.2 Å². The van der Waals surface area contributed by atoms with Gasteiger partial charge in [-0.25, -0.2) is 9.59 Å². The van der Waals surface area contributed by atoms with Gasteiger partial charge in [0.2, 0.25) is 0 Å². The normalized spacial score (nSPS) is 18.2. The van der Waals surface area contributed by atoms with Gasteiger partial charge < -0.3 is 10.1 Å². The van der Waals surface area contributed by atoms with Gasteiger partial charge in [-0.2, -0.15) is 0 Å². The number of carbonyl (C=O) groups excluding carboxylic acids is 2. The van der Waals surface area contributed by atoms with Crippen LogP contribution in [-0.4, -0.2) is 30.1 Å². The number of nitrogens with one attached hydrogen (secondary N) is 1. The van der Waals surface area contributed by atoms with Crippen molar-refractivity contribution in [3.8, 4) is 0 Å². The Hall–Kier alpha value is -1.60. The van der Waals surface area contributed by atoms with Crippen LogP contribution in [0.5, 0.6) is 0 Å². The second-order valence-electron chi connectivity index (χ2n) is 4.64. The van der Waals surface area contributed by atoms with Crippen LogP contribution in [0.2, 0.25) is 0 Å². The Morgan fingerprint density at radius 2 is 2.32 bits per heavy atom. The molecular weight excluding hydrogens is 368 g/mol. The van der Waals surface area contributed by atoms with Gasteiger partial charge in [0.1, 0.15) is 0 Å². The largest absolute Gasteiger partial charge is 0.463 e. The lowest BCUT2D eigenvalue weighted by Gasteiger charge is -2.34. The summed E-state index contributed by atoms with van der Waals surface area (Å²) in [6, 6.07) is 3.03. The molecule has 0 spiro atoms. The number of esters is 1. The molecule has 2 rings (SSSR count). The van der Waals surface area contributed by atoms with E-state index >= 15 is 0 Å². The van der Waals surface area contributed by atoms with Gasteiger partial charge in [-0.1, -0.05) is 6.08 Å². The molecule has 0 fully saturated rings. The SMILES string of the molecule is C=CCN1C(=O)N[C@@H](c2ccc(Br)s2)C(C(=O)OCC)=C1C. The van der Waals surface area contributed by atoms with Crippen molar-refractivity contribution < 1.29 is 14.3 Å². The third-order valence-corrected chi connectivity index (χ3v) is 4.97. The van der Waals surface area contributed by atoms with E-state index in [0.717, 1.165) is 8.66 Å². The molecule has 0 saturated heterocycles. The summed E-state index contributed by atoms with van der Waals surface area (Å²) < 4.78 is 6.10. The van der Waals surface area contributed by atoms with Crippen molar-refractivity contribution in [2.24, 2.45) is 0 Å². The maximum atomic E-state index is 12.4.